The van der Waals surface area contributed by atoms with Crippen LogP contribution in [0.3, 0.4) is 0 Å². The van der Waals surface area contributed by atoms with Crippen LogP contribution < -0.4 is 5.32 Å². The third kappa shape index (κ3) is 5.06. The van der Waals surface area contributed by atoms with Gasteiger partial charge in [0.1, 0.15) is 0 Å². The van der Waals surface area contributed by atoms with Gasteiger partial charge in [0.15, 0.2) is 6.61 Å². The number of carbonyl (C=O) groups excluding carboxylic acids is 4. The molecular formula is C19H25N3O5. The van der Waals surface area contributed by atoms with Crippen molar-refractivity contribution in [2.24, 2.45) is 0 Å². The average Bonchev–Trinajstić information content (AvgIpc) is 2.91. The molecule has 0 aliphatic carbocycles. The lowest BCUT2D eigenvalue weighted by Gasteiger charge is -2.30. The van der Waals surface area contributed by atoms with Gasteiger partial charge in [0.25, 0.3) is 5.91 Å². The second-order valence-electron chi connectivity index (χ2n) is 6.90. The van der Waals surface area contributed by atoms with Gasteiger partial charge in [0, 0.05) is 12.1 Å². The molecule has 1 aliphatic heterocycles. The first-order chi connectivity index (χ1) is 12.7. The minimum Gasteiger partial charge on any atom is -0.452 e. The molecule has 8 nitrogen and oxygen atoms in total. The Kier molecular flexibility index (Phi) is 6.55. The van der Waals surface area contributed by atoms with Crippen molar-refractivity contribution in [3.63, 3.8) is 0 Å². The van der Waals surface area contributed by atoms with Crippen LogP contribution in [0.5, 0.6) is 0 Å². The maximum Gasteiger partial charge on any atom is 0.338 e. The van der Waals surface area contributed by atoms with Crippen molar-refractivity contribution < 1.29 is 23.9 Å². The summed E-state index contributed by atoms with van der Waals surface area (Å²) in [6.45, 7) is 7.44. The van der Waals surface area contributed by atoms with Gasteiger partial charge in [-0.25, -0.2) is 9.59 Å². The summed E-state index contributed by atoms with van der Waals surface area (Å²) in [5, 5.41) is 2.45. The van der Waals surface area contributed by atoms with Crippen LogP contribution in [0.15, 0.2) is 24.3 Å². The highest BCUT2D eigenvalue weighted by Gasteiger charge is 2.28. The lowest BCUT2D eigenvalue weighted by atomic mass is 10.1. The van der Waals surface area contributed by atoms with Gasteiger partial charge in [0.05, 0.1) is 18.7 Å². The highest BCUT2D eigenvalue weighted by atomic mass is 16.5. The summed E-state index contributed by atoms with van der Waals surface area (Å²) in [4.78, 5) is 50.3. The van der Waals surface area contributed by atoms with Gasteiger partial charge in [-0.2, -0.15) is 0 Å². The minimum absolute atomic E-state index is 0.00104. The molecule has 27 heavy (non-hydrogen) atoms. The zero-order valence-corrected chi connectivity index (χ0v) is 16.0. The third-order valence-corrected chi connectivity index (χ3v) is 4.19. The molecule has 0 radical (unpaired) electrons. The van der Waals surface area contributed by atoms with E-state index in [0.29, 0.717) is 11.1 Å². The molecule has 0 unspecified atom stereocenters. The summed E-state index contributed by atoms with van der Waals surface area (Å²) < 4.78 is 5.12. The Labute approximate surface area is 158 Å². The quantitative estimate of drug-likeness (QED) is 0.576. The predicted molar refractivity (Wildman–Crippen MR) is 97.8 cm³/mol. The number of nitrogens with zero attached hydrogens (tertiary/aromatic N) is 2. The van der Waals surface area contributed by atoms with E-state index in [2.05, 4.69) is 5.32 Å². The number of hydrogen-bond donors (Lipinski definition) is 1. The Hall–Kier alpha value is -2.90. The molecule has 0 bridgehead atoms. The number of amides is 4. The number of benzene rings is 1. The molecule has 4 amide bonds. The number of hydrogen-bond acceptors (Lipinski definition) is 5. The van der Waals surface area contributed by atoms with Gasteiger partial charge >= 0.3 is 12.0 Å². The molecule has 8 heteroatoms. The fourth-order valence-corrected chi connectivity index (χ4v) is 3.00. The zero-order valence-electron chi connectivity index (χ0n) is 16.0. The van der Waals surface area contributed by atoms with E-state index in [-0.39, 0.29) is 43.6 Å². The second-order valence-corrected chi connectivity index (χ2v) is 6.90. The van der Waals surface area contributed by atoms with E-state index in [9.17, 15) is 19.2 Å². The maximum absolute atomic E-state index is 12.2. The summed E-state index contributed by atoms with van der Waals surface area (Å²) in [5.41, 5.74) is 1.00. The van der Waals surface area contributed by atoms with Crippen molar-refractivity contribution >= 4 is 23.8 Å². The minimum atomic E-state index is -0.600. The maximum atomic E-state index is 12.2. The molecule has 1 fully saturated rings. The molecule has 0 spiro atoms. The van der Waals surface area contributed by atoms with E-state index in [0.717, 1.165) is 4.90 Å². The summed E-state index contributed by atoms with van der Waals surface area (Å²) in [6.07, 6.45) is 0. The van der Waals surface area contributed by atoms with E-state index in [1.54, 1.807) is 29.2 Å². The summed E-state index contributed by atoms with van der Waals surface area (Å²) in [5.74, 6) is -1.14. The van der Waals surface area contributed by atoms with Crippen LogP contribution in [0, 0.1) is 0 Å². The third-order valence-electron chi connectivity index (χ3n) is 4.19. The van der Waals surface area contributed by atoms with Gasteiger partial charge in [-0.3, -0.25) is 14.5 Å². The predicted octanol–water partition coefficient (Wildman–Crippen LogP) is 1.54. The Morgan fingerprint density at radius 2 is 1.70 bits per heavy atom. The SMILES string of the molecule is CC(C)N(C(=O)COC(=O)c1ccc(CN2C(=O)CNC2=O)cc1)C(C)C. The number of imide groups is 1. The average molecular weight is 375 g/mol. The lowest BCUT2D eigenvalue weighted by Crippen LogP contribution is -2.44. The van der Waals surface area contributed by atoms with Crippen LogP contribution in [-0.4, -0.2) is 58.8 Å². The number of carbonyl (C=O) groups is 4. The Balaban J connectivity index is 1.92. The second kappa shape index (κ2) is 8.66. The van der Waals surface area contributed by atoms with Crippen molar-refractivity contribution in [1.29, 1.82) is 0 Å². The highest BCUT2D eigenvalue weighted by Crippen LogP contribution is 2.12. The number of rotatable bonds is 7. The summed E-state index contributed by atoms with van der Waals surface area (Å²) >= 11 is 0. The molecule has 1 heterocycles. The van der Waals surface area contributed by atoms with E-state index < -0.39 is 12.0 Å². The van der Waals surface area contributed by atoms with Crippen LogP contribution in [0.4, 0.5) is 4.79 Å². The van der Waals surface area contributed by atoms with Crippen molar-refractivity contribution in [3.05, 3.63) is 35.4 Å². The van der Waals surface area contributed by atoms with Crippen LogP contribution in [-0.2, 0) is 20.9 Å². The summed E-state index contributed by atoms with van der Waals surface area (Å²) in [6, 6.07) is 5.98. The monoisotopic (exact) mass is 375 g/mol. The molecular weight excluding hydrogens is 350 g/mol. The smallest absolute Gasteiger partial charge is 0.338 e. The van der Waals surface area contributed by atoms with Crippen LogP contribution in [0.25, 0.3) is 0 Å². The zero-order chi connectivity index (χ0) is 20.1. The van der Waals surface area contributed by atoms with Crippen LogP contribution in [0.1, 0.15) is 43.6 Å². The van der Waals surface area contributed by atoms with Crippen molar-refractivity contribution in [1.82, 2.24) is 15.1 Å². The first-order valence-corrected chi connectivity index (χ1v) is 8.86. The summed E-state index contributed by atoms with van der Waals surface area (Å²) in [7, 11) is 0. The molecule has 1 aromatic rings. The number of esters is 1. The van der Waals surface area contributed by atoms with Crippen molar-refractivity contribution in [3.8, 4) is 0 Å². The number of nitrogens with one attached hydrogen (secondary N) is 1. The van der Waals surface area contributed by atoms with Gasteiger partial charge in [-0.1, -0.05) is 12.1 Å². The van der Waals surface area contributed by atoms with E-state index >= 15 is 0 Å². The Morgan fingerprint density at radius 3 is 2.19 bits per heavy atom. The van der Waals surface area contributed by atoms with Crippen molar-refractivity contribution in [2.45, 2.75) is 46.3 Å². The molecule has 146 valence electrons. The first-order valence-electron chi connectivity index (χ1n) is 8.86. The van der Waals surface area contributed by atoms with Crippen molar-refractivity contribution in [2.75, 3.05) is 13.2 Å². The fourth-order valence-electron chi connectivity index (χ4n) is 3.00. The normalized spacial score (nSPS) is 13.9. The topological polar surface area (TPSA) is 96.0 Å². The molecule has 0 atom stereocenters. The number of ether oxygens (including phenoxy) is 1. The van der Waals surface area contributed by atoms with E-state index in [4.69, 9.17) is 4.74 Å². The lowest BCUT2D eigenvalue weighted by molar-refractivity contribution is -0.138. The highest BCUT2D eigenvalue weighted by molar-refractivity contribution is 6.01. The Bertz CT molecular complexity index is 703. The molecule has 1 aromatic carbocycles. The molecule has 1 aliphatic rings. The van der Waals surface area contributed by atoms with Gasteiger partial charge in [-0.05, 0) is 45.4 Å². The number of urea groups is 1. The molecule has 1 saturated heterocycles. The standard InChI is InChI=1S/C19H25N3O5/c1-12(2)22(13(3)4)17(24)11-27-18(25)15-7-5-14(6-8-15)10-21-16(23)9-20-19(21)26/h5-8,12-13H,9-11H2,1-4H3,(H,20,26). The molecule has 0 aromatic heterocycles. The molecule has 2 rings (SSSR count). The van der Waals surface area contributed by atoms with Crippen LogP contribution >= 0.6 is 0 Å². The van der Waals surface area contributed by atoms with Gasteiger partial charge in [0.2, 0.25) is 5.91 Å². The largest absolute Gasteiger partial charge is 0.452 e. The Morgan fingerprint density at radius 1 is 1.11 bits per heavy atom. The van der Waals surface area contributed by atoms with E-state index in [1.165, 1.54) is 0 Å². The van der Waals surface area contributed by atoms with E-state index in [1.807, 2.05) is 27.7 Å². The first kappa shape index (κ1) is 20.4. The molecule has 0 saturated carbocycles. The van der Waals surface area contributed by atoms with Gasteiger partial charge in [-0.15, -0.1) is 0 Å². The fraction of sp³-hybridized carbons (Fsp3) is 0.474. The van der Waals surface area contributed by atoms with Gasteiger partial charge < -0.3 is 15.0 Å². The molecule has 1 N–H and O–H groups in total. The van der Waals surface area contributed by atoms with Crippen LogP contribution in [0.2, 0.25) is 0 Å².